The first kappa shape index (κ1) is 16.4. The van der Waals surface area contributed by atoms with Gasteiger partial charge >= 0.3 is 5.97 Å². The zero-order chi connectivity index (χ0) is 17.1. The van der Waals surface area contributed by atoms with Gasteiger partial charge in [-0.1, -0.05) is 19.4 Å². The first-order valence-electron chi connectivity index (χ1n) is 9.80. The minimum Gasteiger partial charge on any atom is -0.462 e. The van der Waals surface area contributed by atoms with Gasteiger partial charge < -0.3 is 4.74 Å². The second-order valence-corrected chi connectivity index (χ2v) is 9.08. The van der Waals surface area contributed by atoms with Gasteiger partial charge in [0.25, 0.3) is 0 Å². The van der Waals surface area contributed by atoms with Crippen LogP contribution in [0.4, 0.5) is 0 Å². The van der Waals surface area contributed by atoms with E-state index in [2.05, 4.69) is 13.8 Å². The van der Waals surface area contributed by atoms with Crippen LogP contribution < -0.4 is 0 Å². The van der Waals surface area contributed by atoms with Crippen LogP contribution in [0.1, 0.15) is 65.7 Å². The smallest absolute Gasteiger partial charge is 0.302 e. The van der Waals surface area contributed by atoms with E-state index in [0.29, 0.717) is 23.5 Å². The topological polar surface area (TPSA) is 43.4 Å². The molecule has 0 bridgehead atoms. The summed E-state index contributed by atoms with van der Waals surface area (Å²) in [5, 5.41) is 0. The summed E-state index contributed by atoms with van der Waals surface area (Å²) in [4.78, 5) is 23.4. The van der Waals surface area contributed by atoms with E-state index < -0.39 is 0 Å². The van der Waals surface area contributed by atoms with Crippen LogP contribution in [-0.4, -0.2) is 17.9 Å². The molecule has 3 saturated carbocycles. The number of allylic oxidation sites excluding steroid dienone is 1. The molecule has 0 amide bonds. The summed E-state index contributed by atoms with van der Waals surface area (Å²) >= 11 is 0. The summed E-state index contributed by atoms with van der Waals surface area (Å²) in [5.41, 5.74) is 1.60. The predicted molar refractivity (Wildman–Crippen MR) is 92.2 cm³/mol. The number of rotatable bonds is 1. The molecule has 132 valence electrons. The number of carbonyl (C=O) groups is 2. The second-order valence-electron chi connectivity index (χ2n) is 9.08. The molecule has 0 aromatic carbocycles. The van der Waals surface area contributed by atoms with Crippen LogP contribution in [0.5, 0.6) is 0 Å². The van der Waals surface area contributed by atoms with Gasteiger partial charge in [-0.05, 0) is 74.2 Å². The van der Waals surface area contributed by atoms with Crippen LogP contribution in [0.2, 0.25) is 0 Å². The number of ketones is 1. The van der Waals surface area contributed by atoms with E-state index in [9.17, 15) is 9.59 Å². The molecule has 0 aromatic rings. The van der Waals surface area contributed by atoms with E-state index in [1.165, 1.54) is 24.8 Å². The van der Waals surface area contributed by atoms with Gasteiger partial charge in [-0.3, -0.25) is 9.59 Å². The Morgan fingerprint density at radius 1 is 1.25 bits per heavy atom. The van der Waals surface area contributed by atoms with E-state index in [1.54, 1.807) is 6.92 Å². The number of fused-ring (bicyclic) bond motifs is 5. The van der Waals surface area contributed by atoms with Crippen LogP contribution in [-0.2, 0) is 14.3 Å². The molecule has 0 spiro atoms. The van der Waals surface area contributed by atoms with Crippen molar-refractivity contribution in [3.05, 3.63) is 11.6 Å². The van der Waals surface area contributed by atoms with Gasteiger partial charge in [0.15, 0.2) is 5.78 Å². The van der Waals surface area contributed by atoms with Crippen molar-refractivity contribution in [1.29, 1.82) is 0 Å². The van der Waals surface area contributed by atoms with Crippen LogP contribution in [0.3, 0.4) is 0 Å². The molecule has 3 nitrogen and oxygen atoms in total. The highest BCUT2D eigenvalue weighted by molar-refractivity contribution is 5.91. The van der Waals surface area contributed by atoms with Crippen molar-refractivity contribution in [2.45, 2.75) is 71.8 Å². The Labute approximate surface area is 145 Å². The van der Waals surface area contributed by atoms with E-state index in [0.717, 1.165) is 37.5 Å². The second kappa shape index (κ2) is 5.71. The maximum absolute atomic E-state index is 11.8. The Morgan fingerprint density at radius 3 is 2.79 bits per heavy atom. The first-order chi connectivity index (χ1) is 11.4. The number of hydrogen-bond donors (Lipinski definition) is 0. The van der Waals surface area contributed by atoms with Gasteiger partial charge in [0.2, 0.25) is 0 Å². The lowest BCUT2D eigenvalue weighted by Gasteiger charge is -2.55. The zero-order valence-corrected chi connectivity index (χ0v) is 15.2. The molecule has 3 heteroatoms. The number of ether oxygens (including phenoxy) is 1. The maximum Gasteiger partial charge on any atom is 0.302 e. The standard InChI is InChI=1S/C21H30O3/c1-12-10-14-11-15(23)4-5-16(14)17-8-9-21(3)18(20(12)17)6-7-19(21)24-13(2)22/h11-12,16-20H,4-10H2,1-3H3/t12?,16?,17-,18+,19+,20?,21?/m1/s1. The molecule has 3 fully saturated rings. The minimum absolute atomic E-state index is 0.109. The fourth-order valence-corrected chi connectivity index (χ4v) is 6.93. The van der Waals surface area contributed by atoms with Crippen LogP contribution in [0.15, 0.2) is 11.6 Å². The molecule has 4 aliphatic rings. The lowest BCUT2D eigenvalue weighted by atomic mass is 9.49. The summed E-state index contributed by atoms with van der Waals surface area (Å²) < 4.78 is 5.72. The van der Waals surface area contributed by atoms with Crippen molar-refractivity contribution < 1.29 is 14.3 Å². The normalized spacial score (nSPS) is 47.3. The van der Waals surface area contributed by atoms with Crippen LogP contribution >= 0.6 is 0 Å². The van der Waals surface area contributed by atoms with Gasteiger partial charge in [-0.2, -0.15) is 0 Å². The van der Waals surface area contributed by atoms with E-state index in [4.69, 9.17) is 4.74 Å². The number of hydrogen-bond acceptors (Lipinski definition) is 3. The summed E-state index contributed by atoms with van der Waals surface area (Å²) in [6.07, 6.45) is 9.62. The highest BCUT2D eigenvalue weighted by atomic mass is 16.5. The summed E-state index contributed by atoms with van der Waals surface area (Å²) in [7, 11) is 0. The molecule has 0 heterocycles. The van der Waals surface area contributed by atoms with Crippen molar-refractivity contribution in [2.75, 3.05) is 0 Å². The molecule has 0 aromatic heterocycles. The molecule has 24 heavy (non-hydrogen) atoms. The van der Waals surface area contributed by atoms with Gasteiger partial charge in [-0.15, -0.1) is 0 Å². The molecule has 0 aliphatic heterocycles. The van der Waals surface area contributed by atoms with E-state index in [-0.39, 0.29) is 17.5 Å². The van der Waals surface area contributed by atoms with Crippen molar-refractivity contribution in [3.8, 4) is 0 Å². The molecule has 4 aliphatic carbocycles. The summed E-state index contributed by atoms with van der Waals surface area (Å²) in [6, 6.07) is 0. The quantitative estimate of drug-likeness (QED) is 0.673. The summed E-state index contributed by atoms with van der Waals surface area (Å²) in [6.45, 7) is 6.30. The van der Waals surface area contributed by atoms with E-state index in [1.807, 2.05) is 6.08 Å². The molecule has 4 unspecified atom stereocenters. The Balaban J connectivity index is 1.62. The molecular formula is C21H30O3. The third-order valence-electron chi connectivity index (χ3n) is 7.86. The van der Waals surface area contributed by atoms with Crippen molar-refractivity contribution in [2.24, 2.45) is 35.0 Å². The highest BCUT2D eigenvalue weighted by Gasteiger charge is 2.58. The summed E-state index contributed by atoms with van der Waals surface area (Å²) in [5.74, 6) is 3.64. The molecule has 0 radical (unpaired) electrons. The van der Waals surface area contributed by atoms with Crippen LogP contribution in [0, 0.1) is 35.0 Å². The lowest BCUT2D eigenvalue weighted by Crippen LogP contribution is -2.50. The van der Waals surface area contributed by atoms with Gasteiger partial charge in [0.1, 0.15) is 6.10 Å². The average molecular weight is 330 g/mol. The Hall–Kier alpha value is -1.12. The van der Waals surface area contributed by atoms with Crippen molar-refractivity contribution in [1.82, 2.24) is 0 Å². The van der Waals surface area contributed by atoms with Crippen LogP contribution in [0.25, 0.3) is 0 Å². The van der Waals surface area contributed by atoms with Gasteiger partial charge in [0.05, 0.1) is 0 Å². The van der Waals surface area contributed by atoms with E-state index >= 15 is 0 Å². The minimum atomic E-state index is -0.128. The Morgan fingerprint density at radius 2 is 2.04 bits per heavy atom. The lowest BCUT2D eigenvalue weighted by molar-refractivity contribution is -0.157. The molecule has 4 rings (SSSR count). The fraction of sp³-hybridized carbons (Fsp3) is 0.810. The molecular weight excluding hydrogens is 300 g/mol. The number of esters is 1. The monoisotopic (exact) mass is 330 g/mol. The van der Waals surface area contributed by atoms with Gasteiger partial charge in [-0.25, -0.2) is 0 Å². The third-order valence-corrected chi connectivity index (χ3v) is 7.86. The van der Waals surface area contributed by atoms with Crippen molar-refractivity contribution >= 4 is 11.8 Å². The highest BCUT2D eigenvalue weighted by Crippen LogP contribution is 2.63. The molecule has 7 atom stereocenters. The van der Waals surface area contributed by atoms with Gasteiger partial charge in [0, 0.05) is 18.8 Å². The molecule has 0 saturated heterocycles. The SMILES string of the molecule is CC(=O)O[C@H]1CC[C@H]2C3C(C)CC4=CC(=O)CCC4[C@H]3CCC12C. The predicted octanol–water partition coefficient (Wildman–Crippen LogP) is 4.31. The Bertz CT molecular complexity index is 592. The molecule has 0 N–H and O–H groups in total. The fourth-order valence-electron chi connectivity index (χ4n) is 6.93. The number of carbonyl (C=O) groups excluding carboxylic acids is 2. The zero-order valence-electron chi connectivity index (χ0n) is 15.2. The largest absolute Gasteiger partial charge is 0.462 e. The van der Waals surface area contributed by atoms with Crippen molar-refractivity contribution in [3.63, 3.8) is 0 Å². The third kappa shape index (κ3) is 2.38. The maximum atomic E-state index is 11.8. The Kier molecular flexibility index (Phi) is 3.89. The average Bonchev–Trinajstić information content (AvgIpc) is 2.83. The first-order valence-corrected chi connectivity index (χ1v) is 9.80.